The predicted molar refractivity (Wildman–Crippen MR) is 98.5 cm³/mol. The van der Waals surface area contributed by atoms with Gasteiger partial charge >= 0.3 is 5.97 Å². The van der Waals surface area contributed by atoms with E-state index < -0.39 is 12.0 Å². The lowest BCUT2D eigenvalue weighted by atomic mass is 10.1. The largest absolute Gasteiger partial charge is 0.493 e. The summed E-state index contributed by atoms with van der Waals surface area (Å²) in [6, 6.07) is 5.05. The number of carboxylic acids is 1. The standard InChI is InChI=1S/C18H23ClN4O3/c19-15-2-3-17(26-9-1-6-22-7-4-20-13-22)14(10-15)11-23-8-5-21-16(12-23)18(24)25/h2-4,7,10,13,16,21H,1,5-6,8-9,11-12H2,(H,24,25)/t16-/m1/s1. The number of aliphatic carboxylic acids is 1. The van der Waals surface area contributed by atoms with E-state index in [1.54, 1.807) is 12.5 Å². The molecule has 140 valence electrons. The van der Waals surface area contributed by atoms with Crippen molar-refractivity contribution < 1.29 is 14.6 Å². The number of imidazole rings is 1. The van der Waals surface area contributed by atoms with Crippen LogP contribution in [0, 0.1) is 0 Å². The maximum absolute atomic E-state index is 11.2. The van der Waals surface area contributed by atoms with Crippen molar-refractivity contribution in [3.05, 3.63) is 47.5 Å². The van der Waals surface area contributed by atoms with Gasteiger partial charge in [-0.05, 0) is 24.6 Å². The zero-order chi connectivity index (χ0) is 18.4. The molecule has 0 saturated carbocycles. The lowest BCUT2D eigenvalue weighted by molar-refractivity contribution is -0.140. The molecule has 7 nitrogen and oxygen atoms in total. The number of hydrogen-bond acceptors (Lipinski definition) is 5. The molecular formula is C18H23ClN4O3. The van der Waals surface area contributed by atoms with Crippen LogP contribution in [0.4, 0.5) is 0 Å². The highest BCUT2D eigenvalue weighted by molar-refractivity contribution is 6.30. The Bertz CT molecular complexity index is 723. The average Bonchev–Trinajstić information content (AvgIpc) is 3.14. The maximum atomic E-state index is 11.2. The molecule has 0 spiro atoms. The third kappa shape index (κ3) is 5.20. The molecule has 0 aliphatic carbocycles. The number of nitrogens with zero attached hydrogens (tertiary/aromatic N) is 3. The van der Waals surface area contributed by atoms with Gasteiger partial charge in [0.05, 0.1) is 12.9 Å². The first kappa shape index (κ1) is 18.7. The van der Waals surface area contributed by atoms with Crippen molar-refractivity contribution in [1.29, 1.82) is 0 Å². The number of ether oxygens (including phenoxy) is 1. The topological polar surface area (TPSA) is 79.6 Å². The maximum Gasteiger partial charge on any atom is 0.322 e. The Morgan fingerprint density at radius 1 is 1.46 bits per heavy atom. The van der Waals surface area contributed by atoms with Crippen molar-refractivity contribution in [3.8, 4) is 5.75 Å². The van der Waals surface area contributed by atoms with Crippen molar-refractivity contribution in [3.63, 3.8) is 0 Å². The second kappa shape index (κ2) is 9.02. The highest BCUT2D eigenvalue weighted by Gasteiger charge is 2.25. The predicted octanol–water partition coefficient (Wildman–Crippen LogP) is 1.86. The van der Waals surface area contributed by atoms with Crippen LogP contribution in [-0.2, 0) is 17.9 Å². The van der Waals surface area contributed by atoms with Crippen LogP contribution in [-0.4, -0.2) is 57.8 Å². The first-order chi connectivity index (χ1) is 12.6. The van der Waals surface area contributed by atoms with E-state index in [1.807, 2.05) is 29.0 Å². The van der Waals surface area contributed by atoms with Gasteiger partial charge < -0.3 is 19.7 Å². The highest BCUT2D eigenvalue weighted by Crippen LogP contribution is 2.25. The summed E-state index contributed by atoms with van der Waals surface area (Å²) in [6.07, 6.45) is 6.34. The van der Waals surface area contributed by atoms with Gasteiger partial charge in [0.15, 0.2) is 0 Å². The van der Waals surface area contributed by atoms with E-state index >= 15 is 0 Å². The normalized spacial score (nSPS) is 18.0. The molecule has 2 heterocycles. The molecule has 0 bridgehead atoms. The Balaban J connectivity index is 1.57. The molecular weight excluding hydrogens is 356 g/mol. The van der Waals surface area contributed by atoms with Crippen LogP contribution in [0.15, 0.2) is 36.9 Å². The molecule has 1 aromatic carbocycles. The minimum Gasteiger partial charge on any atom is -0.493 e. The number of aromatic nitrogens is 2. The van der Waals surface area contributed by atoms with E-state index in [9.17, 15) is 9.90 Å². The zero-order valence-electron chi connectivity index (χ0n) is 14.5. The summed E-state index contributed by atoms with van der Waals surface area (Å²) in [5.41, 5.74) is 0.978. The first-order valence-electron chi connectivity index (χ1n) is 8.67. The quantitative estimate of drug-likeness (QED) is 0.683. The Labute approximate surface area is 157 Å². The molecule has 2 N–H and O–H groups in total. The summed E-state index contributed by atoms with van der Waals surface area (Å²) in [5.74, 6) is -0.0257. The third-order valence-corrected chi connectivity index (χ3v) is 4.59. The lowest BCUT2D eigenvalue weighted by Crippen LogP contribution is -2.53. The highest BCUT2D eigenvalue weighted by atomic mass is 35.5. The molecule has 0 radical (unpaired) electrons. The number of halogens is 1. The van der Waals surface area contributed by atoms with Crippen molar-refractivity contribution >= 4 is 17.6 Å². The van der Waals surface area contributed by atoms with Crippen LogP contribution < -0.4 is 10.1 Å². The molecule has 1 aliphatic heterocycles. The van der Waals surface area contributed by atoms with Crippen molar-refractivity contribution in [2.24, 2.45) is 0 Å². The summed E-state index contributed by atoms with van der Waals surface area (Å²) in [5, 5.41) is 12.9. The molecule has 3 rings (SSSR count). The van der Waals surface area contributed by atoms with Crippen LogP contribution in [0.5, 0.6) is 5.75 Å². The fraction of sp³-hybridized carbons (Fsp3) is 0.444. The fourth-order valence-corrected chi connectivity index (χ4v) is 3.22. The van der Waals surface area contributed by atoms with Crippen LogP contribution in [0.25, 0.3) is 0 Å². The Kier molecular flexibility index (Phi) is 6.49. The summed E-state index contributed by atoms with van der Waals surface area (Å²) in [4.78, 5) is 17.3. The average molecular weight is 379 g/mol. The molecule has 2 aromatic rings. The number of benzene rings is 1. The monoisotopic (exact) mass is 378 g/mol. The van der Waals surface area contributed by atoms with Crippen molar-refractivity contribution in [2.45, 2.75) is 25.6 Å². The van der Waals surface area contributed by atoms with Gasteiger partial charge in [0.25, 0.3) is 0 Å². The number of carboxylic acid groups (broad SMARTS) is 1. The van der Waals surface area contributed by atoms with Gasteiger partial charge in [-0.15, -0.1) is 0 Å². The summed E-state index contributed by atoms with van der Waals surface area (Å²) in [6.45, 7) is 3.95. The van der Waals surface area contributed by atoms with E-state index in [1.165, 1.54) is 0 Å². The number of carbonyl (C=O) groups is 1. The fourth-order valence-electron chi connectivity index (χ4n) is 3.02. The van der Waals surface area contributed by atoms with E-state index in [0.29, 0.717) is 31.3 Å². The van der Waals surface area contributed by atoms with Crippen LogP contribution in [0.2, 0.25) is 5.02 Å². The zero-order valence-corrected chi connectivity index (χ0v) is 15.2. The minimum absolute atomic E-state index is 0.460. The second-order valence-electron chi connectivity index (χ2n) is 6.33. The van der Waals surface area contributed by atoms with E-state index in [2.05, 4.69) is 15.2 Å². The number of nitrogens with one attached hydrogen (secondary N) is 1. The van der Waals surface area contributed by atoms with Gasteiger partial charge in [-0.3, -0.25) is 9.69 Å². The van der Waals surface area contributed by atoms with Gasteiger partial charge in [-0.25, -0.2) is 4.98 Å². The van der Waals surface area contributed by atoms with E-state index in [-0.39, 0.29) is 0 Å². The number of rotatable bonds is 8. The number of piperazine rings is 1. The molecule has 1 fully saturated rings. The molecule has 8 heteroatoms. The van der Waals surface area contributed by atoms with Crippen LogP contribution in [0.1, 0.15) is 12.0 Å². The van der Waals surface area contributed by atoms with Crippen molar-refractivity contribution in [1.82, 2.24) is 19.8 Å². The SMILES string of the molecule is O=C(O)[C@H]1CN(Cc2cc(Cl)ccc2OCCCn2ccnc2)CCN1. The van der Waals surface area contributed by atoms with Gasteiger partial charge in [0.1, 0.15) is 11.8 Å². The van der Waals surface area contributed by atoms with Crippen LogP contribution >= 0.6 is 11.6 Å². The molecule has 0 unspecified atom stereocenters. The Morgan fingerprint density at radius 2 is 2.35 bits per heavy atom. The van der Waals surface area contributed by atoms with E-state index in [4.69, 9.17) is 16.3 Å². The number of aryl methyl sites for hydroxylation is 1. The van der Waals surface area contributed by atoms with Gasteiger partial charge in [0, 0.05) is 55.7 Å². The van der Waals surface area contributed by atoms with Crippen molar-refractivity contribution in [2.75, 3.05) is 26.2 Å². The smallest absolute Gasteiger partial charge is 0.322 e. The molecule has 1 aromatic heterocycles. The molecule has 1 saturated heterocycles. The van der Waals surface area contributed by atoms with Gasteiger partial charge in [0.2, 0.25) is 0 Å². The lowest BCUT2D eigenvalue weighted by Gasteiger charge is -2.32. The first-order valence-corrected chi connectivity index (χ1v) is 9.05. The van der Waals surface area contributed by atoms with Gasteiger partial charge in [-0.1, -0.05) is 11.6 Å². The summed E-state index contributed by atoms with van der Waals surface area (Å²) < 4.78 is 7.97. The second-order valence-corrected chi connectivity index (χ2v) is 6.77. The minimum atomic E-state index is -0.822. The molecule has 26 heavy (non-hydrogen) atoms. The van der Waals surface area contributed by atoms with E-state index in [0.717, 1.165) is 30.8 Å². The Morgan fingerprint density at radius 3 is 3.12 bits per heavy atom. The van der Waals surface area contributed by atoms with Crippen LogP contribution in [0.3, 0.4) is 0 Å². The summed E-state index contributed by atoms with van der Waals surface area (Å²) in [7, 11) is 0. The molecule has 1 aliphatic rings. The molecule has 0 amide bonds. The third-order valence-electron chi connectivity index (χ3n) is 4.35. The number of hydrogen-bond donors (Lipinski definition) is 2. The summed E-state index contributed by atoms with van der Waals surface area (Å²) >= 11 is 6.15. The van der Waals surface area contributed by atoms with Gasteiger partial charge in [-0.2, -0.15) is 0 Å². The Hall–Kier alpha value is -2.09. The molecule has 1 atom stereocenters.